The number of amides is 1. The third kappa shape index (κ3) is 4.99. The molecule has 0 saturated carbocycles. The molecule has 0 spiro atoms. The molecule has 1 amide bonds. The monoisotopic (exact) mass is 494 g/mol. The van der Waals surface area contributed by atoms with Gasteiger partial charge in [0.25, 0.3) is 0 Å². The van der Waals surface area contributed by atoms with Gasteiger partial charge in [-0.25, -0.2) is 14.1 Å². The van der Waals surface area contributed by atoms with E-state index in [1.165, 1.54) is 28.1 Å². The number of aromatic nitrogens is 4. The summed E-state index contributed by atoms with van der Waals surface area (Å²) >= 11 is 14.5. The van der Waals surface area contributed by atoms with Crippen molar-refractivity contribution >= 4 is 57.3 Å². The molecule has 0 aliphatic carbocycles. The van der Waals surface area contributed by atoms with E-state index in [1.54, 1.807) is 35.7 Å². The summed E-state index contributed by atoms with van der Waals surface area (Å²) in [6, 6.07) is 10.9. The van der Waals surface area contributed by atoms with Crippen molar-refractivity contribution in [1.82, 2.24) is 19.9 Å². The highest BCUT2D eigenvalue weighted by Crippen LogP contribution is 2.30. The van der Waals surface area contributed by atoms with Gasteiger partial charge in [0.05, 0.1) is 16.5 Å². The van der Waals surface area contributed by atoms with Gasteiger partial charge in [0.2, 0.25) is 11.1 Å². The number of anilines is 1. The van der Waals surface area contributed by atoms with Crippen LogP contribution in [0.15, 0.2) is 53.0 Å². The zero-order valence-electron chi connectivity index (χ0n) is 15.6. The Labute approximate surface area is 194 Å². The average Bonchev–Trinajstić information content (AvgIpc) is 3.34. The van der Waals surface area contributed by atoms with Crippen molar-refractivity contribution in [3.63, 3.8) is 0 Å². The Kier molecular flexibility index (Phi) is 6.42. The number of nitrogens with zero attached hydrogens (tertiary/aromatic N) is 4. The van der Waals surface area contributed by atoms with Gasteiger partial charge < -0.3 is 11.2 Å². The van der Waals surface area contributed by atoms with Crippen molar-refractivity contribution in [2.75, 3.05) is 16.9 Å². The number of thiazole rings is 1. The molecule has 7 nitrogen and oxygen atoms in total. The van der Waals surface area contributed by atoms with E-state index in [9.17, 15) is 9.18 Å². The molecule has 0 aliphatic rings. The fourth-order valence-corrected chi connectivity index (χ4v) is 4.49. The largest absolute Gasteiger partial charge is 0.335 e. The first-order valence-corrected chi connectivity index (χ1v) is 11.3. The molecule has 4 aromatic rings. The molecule has 0 atom stereocenters. The smallest absolute Gasteiger partial charge is 0.236 e. The number of nitrogens with one attached hydrogen (secondary N) is 1. The lowest BCUT2D eigenvalue weighted by Crippen LogP contribution is -2.16. The number of benzene rings is 2. The van der Waals surface area contributed by atoms with Gasteiger partial charge in [-0.2, -0.15) is 0 Å². The Morgan fingerprint density at radius 2 is 1.97 bits per heavy atom. The molecule has 0 unspecified atom stereocenters. The number of hydrogen-bond acceptors (Lipinski definition) is 7. The molecule has 2 aromatic carbocycles. The zero-order valence-corrected chi connectivity index (χ0v) is 18.7. The summed E-state index contributed by atoms with van der Waals surface area (Å²) in [5.41, 5.74) is 1.99. The maximum absolute atomic E-state index is 13.1. The predicted molar refractivity (Wildman–Crippen MR) is 122 cm³/mol. The molecule has 0 saturated heterocycles. The highest BCUT2D eigenvalue weighted by atomic mass is 35.5. The lowest BCUT2D eigenvalue weighted by Gasteiger charge is -2.05. The second kappa shape index (κ2) is 9.23. The van der Waals surface area contributed by atoms with Gasteiger partial charge in [0.15, 0.2) is 11.0 Å². The average molecular weight is 495 g/mol. The molecule has 2 heterocycles. The van der Waals surface area contributed by atoms with Crippen LogP contribution in [0.2, 0.25) is 10.0 Å². The Balaban J connectivity index is 1.38. The van der Waals surface area contributed by atoms with Crippen LogP contribution in [0.25, 0.3) is 22.6 Å². The summed E-state index contributed by atoms with van der Waals surface area (Å²) in [6.07, 6.45) is 0. The van der Waals surface area contributed by atoms with Crippen LogP contribution in [0.5, 0.6) is 0 Å². The maximum Gasteiger partial charge on any atom is 0.236 e. The molecular weight excluding hydrogens is 482 g/mol. The molecule has 0 bridgehead atoms. The minimum absolute atomic E-state index is 0.0507. The first-order chi connectivity index (χ1) is 14.9. The Bertz CT molecular complexity index is 1240. The Hall–Kier alpha value is -2.66. The van der Waals surface area contributed by atoms with Gasteiger partial charge >= 0.3 is 0 Å². The van der Waals surface area contributed by atoms with E-state index >= 15 is 0 Å². The number of rotatable bonds is 6. The van der Waals surface area contributed by atoms with Crippen LogP contribution in [0.3, 0.4) is 0 Å². The summed E-state index contributed by atoms with van der Waals surface area (Å²) < 4.78 is 14.3. The summed E-state index contributed by atoms with van der Waals surface area (Å²) in [5.74, 6) is 5.88. The molecule has 12 heteroatoms. The fraction of sp³-hybridized carbons (Fsp3) is 0.0526. The Morgan fingerprint density at radius 3 is 2.71 bits per heavy atom. The van der Waals surface area contributed by atoms with Gasteiger partial charge in [0.1, 0.15) is 5.82 Å². The summed E-state index contributed by atoms with van der Waals surface area (Å²) in [5, 5.41) is 14.3. The quantitative estimate of drug-likeness (QED) is 0.290. The van der Waals surface area contributed by atoms with E-state index in [0.717, 1.165) is 17.3 Å². The van der Waals surface area contributed by atoms with Crippen LogP contribution in [0, 0.1) is 5.82 Å². The first kappa shape index (κ1) is 21.6. The van der Waals surface area contributed by atoms with E-state index in [0.29, 0.717) is 37.4 Å². The summed E-state index contributed by atoms with van der Waals surface area (Å²) in [4.78, 5) is 16.7. The number of nitrogen functional groups attached to an aromatic ring is 1. The molecular formula is C19H13Cl2FN6OS2. The number of halogens is 3. The molecule has 3 N–H and O–H groups in total. The molecule has 4 rings (SSSR count). The number of hydrogen-bond donors (Lipinski definition) is 2. The van der Waals surface area contributed by atoms with E-state index in [2.05, 4.69) is 20.5 Å². The molecule has 31 heavy (non-hydrogen) atoms. The predicted octanol–water partition coefficient (Wildman–Crippen LogP) is 4.96. The van der Waals surface area contributed by atoms with Crippen LogP contribution < -0.4 is 11.2 Å². The maximum atomic E-state index is 13.1. The van der Waals surface area contributed by atoms with Crippen molar-refractivity contribution < 1.29 is 9.18 Å². The highest BCUT2D eigenvalue weighted by molar-refractivity contribution is 7.99. The second-order valence-electron chi connectivity index (χ2n) is 6.18. The van der Waals surface area contributed by atoms with E-state index in [-0.39, 0.29) is 17.5 Å². The first-order valence-electron chi connectivity index (χ1n) is 8.71. The molecule has 0 fully saturated rings. The minimum Gasteiger partial charge on any atom is -0.335 e. The number of thioether (sulfide) groups is 1. The minimum atomic E-state index is -0.321. The lowest BCUT2D eigenvalue weighted by atomic mass is 10.2. The highest BCUT2D eigenvalue weighted by Gasteiger charge is 2.17. The van der Waals surface area contributed by atoms with Crippen LogP contribution in [0.1, 0.15) is 0 Å². The van der Waals surface area contributed by atoms with Crippen molar-refractivity contribution in [2.45, 2.75) is 5.16 Å². The van der Waals surface area contributed by atoms with Crippen LogP contribution in [0.4, 0.5) is 9.52 Å². The Morgan fingerprint density at radius 1 is 1.19 bits per heavy atom. The van der Waals surface area contributed by atoms with Gasteiger partial charge in [-0.05, 0) is 42.5 Å². The van der Waals surface area contributed by atoms with Crippen LogP contribution >= 0.6 is 46.3 Å². The summed E-state index contributed by atoms with van der Waals surface area (Å²) in [7, 11) is 0. The van der Waals surface area contributed by atoms with E-state index in [4.69, 9.17) is 29.0 Å². The fourth-order valence-electron chi connectivity index (χ4n) is 2.60. The topological polar surface area (TPSA) is 98.7 Å². The van der Waals surface area contributed by atoms with Crippen molar-refractivity contribution in [1.29, 1.82) is 0 Å². The molecule has 0 radical (unpaired) electrons. The molecule has 0 aliphatic heterocycles. The zero-order chi connectivity index (χ0) is 22.0. The molecule has 158 valence electrons. The summed E-state index contributed by atoms with van der Waals surface area (Å²) in [6.45, 7) is 0. The van der Waals surface area contributed by atoms with Gasteiger partial charge in [-0.15, -0.1) is 21.5 Å². The standard InChI is InChI=1S/C19H13Cl2FN6OS2/c20-11-3-6-13(14(21)7-11)17-26-27-19(28(17)23)31-9-16(29)25-18-24-15(8-30-18)10-1-4-12(22)5-2-10/h1-8H,9,23H2,(H,24,25,29). The molecule has 2 aromatic heterocycles. The van der Waals surface area contributed by atoms with Gasteiger partial charge in [-0.1, -0.05) is 35.0 Å². The van der Waals surface area contributed by atoms with Crippen LogP contribution in [-0.2, 0) is 4.79 Å². The van der Waals surface area contributed by atoms with Crippen LogP contribution in [-0.4, -0.2) is 31.5 Å². The SMILES string of the molecule is Nn1c(SCC(=O)Nc2nc(-c3ccc(F)cc3)cs2)nnc1-c1ccc(Cl)cc1Cl. The van der Waals surface area contributed by atoms with Crippen molar-refractivity contribution in [3.05, 3.63) is 63.7 Å². The third-order valence-corrected chi connectivity index (χ3v) is 6.31. The van der Waals surface area contributed by atoms with Gasteiger partial charge in [0, 0.05) is 21.5 Å². The number of carbonyl (C=O) groups is 1. The third-order valence-electron chi connectivity index (χ3n) is 4.06. The van der Waals surface area contributed by atoms with Gasteiger partial charge in [-0.3, -0.25) is 4.79 Å². The number of nitrogens with two attached hydrogens (primary N) is 1. The normalized spacial score (nSPS) is 10.9. The second-order valence-corrected chi connectivity index (χ2v) is 8.83. The number of carbonyl (C=O) groups excluding carboxylic acids is 1. The van der Waals surface area contributed by atoms with Crippen molar-refractivity contribution in [3.8, 4) is 22.6 Å². The lowest BCUT2D eigenvalue weighted by molar-refractivity contribution is -0.113. The van der Waals surface area contributed by atoms with E-state index < -0.39 is 0 Å². The van der Waals surface area contributed by atoms with E-state index in [1.807, 2.05) is 0 Å². The van der Waals surface area contributed by atoms with Crippen molar-refractivity contribution in [2.24, 2.45) is 0 Å².